The van der Waals surface area contributed by atoms with Crippen LogP contribution in [-0.2, 0) is 25.6 Å². The van der Waals surface area contributed by atoms with E-state index in [9.17, 15) is 19.8 Å². The fourth-order valence-electron chi connectivity index (χ4n) is 4.69. The molecule has 0 saturated carbocycles. The molecule has 2 fully saturated rings. The van der Waals surface area contributed by atoms with Gasteiger partial charge in [0.05, 0.1) is 25.6 Å². The van der Waals surface area contributed by atoms with Crippen molar-refractivity contribution in [3.63, 3.8) is 0 Å². The average molecular weight is 591 g/mol. The van der Waals surface area contributed by atoms with E-state index in [-0.39, 0.29) is 19.1 Å². The number of rotatable bonds is 11. The highest BCUT2D eigenvalue weighted by molar-refractivity contribution is 6.30. The Balaban J connectivity index is 1.22. The monoisotopic (exact) mass is 590 g/mol. The maximum atomic E-state index is 12.4. The minimum atomic E-state index is -1.38. The fourth-order valence-corrected chi connectivity index (χ4v) is 4.88. The van der Waals surface area contributed by atoms with Crippen LogP contribution in [0.3, 0.4) is 0 Å². The Kier molecular flexibility index (Phi) is 9.12. The third-order valence-electron chi connectivity index (χ3n) is 6.88. The number of hydrogen-bond donors (Lipinski definition) is 5. The van der Waals surface area contributed by atoms with Crippen LogP contribution in [0.5, 0.6) is 5.75 Å². The van der Waals surface area contributed by atoms with Crippen LogP contribution in [0.1, 0.15) is 11.8 Å². The Morgan fingerprint density at radius 2 is 2.02 bits per heavy atom. The van der Waals surface area contributed by atoms with Gasteiger partial charge in [-0.25, -0.2) is 19.7 Å². The highest BCUT2D eigenvalue weighted by Gasteiger charge is 2.46. The molecule has 15 nitrogen and oxygen atoms in total. The predicted octanol–water partition coefficient (Wildman–Crippen LogP) is -0.411. The number of halogens is 1. The first-order valence-corrected chi connectivity index (χ1v) is 13.4. The number of benzene rings is 1. The molecule has 4 heterocycles. The molecule has 0 bridgehead atoms. The summed E-state index contributed by atoms with van der Waals surface area (Å²) in [4.78, 5) is 38.9. The number of hydrogen-bond acceptors (Lipinski definition) is 12. The molecule has 5 rings (SSSR count). The summed E-state index contributed by atoms with van der Waals surface area (Å²) in [5.41, 5.74) is 7.19. The van der Waals surface area contributed by atoms with Gasteiger partial charge >= 0.3 is 5.97 Å². The number of carboxylic acids is 1. The van der Waals surface area contributed by atoms with Crippen LogP contribution in [0.25, 0.3) is 11.2 Å². The Bertz CT molecular complexity index is 1390. The number of ether oxygens (including phenoxy) is 3. The van der Waals surface area contributed by atoms with Gasteiger partial charge in [-0.1, -0.05) is 11.6 Å². The van der Waals surface area contributed by atoms with Crippen LogP contribution in [0.4, 0.5) is 5.82 Å². The van der Waals surface area contributed by atoms with E-state index in [2.05, 4.69) is 30.5 Å². The van der Waals surface area contributed by atoms with Crippen LogP contribution in [0.2, 0.25) is 5.02 Å². The number of nitrogens with zero attached hydrogens (tertiary/aromatic N) is 5. The summed E-state index contributed by atoms with van der Waals surface area (Å²) in [5.74, 6) is -0.675. The van der Waals surface area contributed by atoms with E-state index in [1.54, 1.807) is 18.2 Å². The Labute approximate surface area is 239 Å². The SMILES string of the molecule is NC1C(C(=O)O)OC(n2cnc3c(NCc4cc(Cl)ccc4OCC(=O)NCCN4CCOCC4)ncnc32)C1O. The highest BCUT2D eigenvalue weighted by atomic mass is 35.5. The number of aliphatic carboxylic acids is 1. The number of aromatic nitrogens is 4. The predicted molar refractivity (Wildman–Crippen MR) is 145 cm³/mol. The molecule has 2 aromatic heterocycles. The molecule has 6 N–H and O–H groups in total. The maximum absolute atomic E-state index is 12.4. The topological polar surface area (TPSA) is 199 Å². The Morgan fingerprint density at radius 3 is 2.78 bits per heavy atom. The summed E-state index contributed by atoms with van der Waals surface area (Å²) >= 11 is 6.23. The lowest BCUT2D eigenvalue weighted by Gasteiger charge is -2.26. The van der Waals surface area contributed by atoms with Gasteiger partial charge in [-0.3, -0.25) is 14.3 Å². The second kappa shape index (κ2) is 12.9. The van der Waals surface area contributed by atoms with Gasteiger partial charge in [-0.2, -0.15) is 0 Å². The molecule has 0 spiro atoms. The highest BCUT2D eigenvalue weighted by Crippen LogP contribution is 2.32. The third kappa shape index (κ3) is 6.66. The zero-order valence-corrected chi connectivity index (χ0v) is 22.7. The molecule has 4 atom stereocenters. The number of aliphatic hydroxyl groups is 1. The number of carboxylic acid groups (broad SMARTS) is 1. The smallest absolute Gasteiger partial charge is 0.334 e. The standard InChI is InChI=1S/C25H31ClN8O7/c26-15-1-2-16(40-11-17(35)28-3-4-33-5-7-39-8-6-33)14(9-15)10-29-22-19-23(31-12-30-22)34(13-32-19)24-20(36)18(27)21(41-24)25(37)38/h1-2,9,12-13,18,20-21,24,36H,3-8,10-11,27H2,(H,28,35)(H,37,38)(H,29,30,31). The number of morpholine rings is 1. The van der Waals surface area contributed by atoms with Crippen molar-refractivity contribution in [1.29, 1.82) is 0 Å². The molecule has 0 radical (unpaired) electrons. The van der Waals surface area contributed by atoms with Crippen LogP contribution >= 0.6 is 11.6 Å². The number of nitrogens with one attached hydrogen (secondary N) is 2. The molecule has 2 aliphatic heterocycles. The van der Waals surface area contributed by atoms with Crippen molar-refractivity contribution in [2.24, 2.45) is 5.73 Å². The number of carbonyl (C=O) groups is 2. The van der Waals surface area contributed by atoms with Crippen molar-refractivity contribution in [1.82, 2.24) is 29.7 Å². The third-order valence-corrected chi connectivity index (χ3v) is 7.12. The normalized spacial score (nSPS) is 23.0. The Morgan fingerprint density at radius 1 is 1.22 bits per heavy atom. The van der Waals surface area contributed by atoms with Crippen molar-refractivity contribution in [2.45, 2.75) is 31.0 Å². The van der Waals surface area contributed by atoms with Crippen molar-refractivity contribution in [3.05, 3.63) is 41.4 Å². The zero-order chi connectivity index (χ0) is 28.9. The lowest BCUT2D eigenvalue weighted by molar-refractivity contribution is -0.152. The second-order valence-corrected chi connectivity index (χ2v) is 10.0. The molecular formula is C25H31ClN8O7. The zero-order valence-electron chi connectivity index (χ0n) is 22.0. The van der Waals surface area contributed by atoms with E-state index in [1.807, 2.05) is 0 Å². The van der Waals surface area contributed by atoms with E-state index in [0.29, 0.717) is 53.1 Å². The van der Waals surface area contributed by atoms with Gasteiger partial charge < -0.3 is 40.8 Å². The van der Waals surface area contributed by atoms with E-state index in [4.69, 9.17) is 31.5 Å². The fraction of sp³-hybridized carbons (Fsp3) is 0.480. The van der Waals surface area contributed by atoms with Gasteiger partial charge in [-0.05, 0) is 18.2 Å². The summed E-state index contributed by atoms with van der Waals surface area (Å²) in [6, 6.07) is 3.95. The first-order chi connectivity index (χ1) is 19.8. The molecule has 16 heteroatoms. The van der Waals surface area contributed by atoms with Gasteiger partial charge in [0.2, 0.25) is 0 Å². The van der Waals surface area contributed by atoms with Crippen LogP contribution < -0.4 is 21.1 Å². The van der Waals surface area contributed by atoms with Gasteiger partial charge in [0.15, 0.2) is 35.9 Å². The van der Waals surface area contributed by atoms with Crippen LogP contribution in [0, 0.1) is 0 Å². The molecule has 41 heavy (non-hydrogen) atoms. The van der Waals surface area contributed by atoms with Gasteiger partial charge in [0.1, 0.15) is 18.2 Å². The lowest BCUT2D eigenvalue weighted by Crippen LogP contribution is -2.43. The number of anilines is 1. The van der Waals surface area contributed by atoms with Crippen LogP contribution in [0.15, 0.2) is 30.9 Å². The molecule has 220 valence electrons. The summed E-state index contributed by atoms with van der Waals surface area (Å²) in [6.45, 7) is 4.42. The van der Waals surface area contributed by atoms with Crippen molar-refractivity contribution in [3.8, 4) is 5.75 Å². The van der Waals surface area contributed by atoms with Gasteiger partial charge in [0.25, 0.3) is 5.91 Å². The first kappa shape index (κ1) is 28.9. The Hall–Kier alpha value is -3.60. The van der Waals surface area contributed by atoms with E-state index < -0.39 is 30.4 Å². The number of amides is 1. The number of nitrogens with two attached hydrogens (primary N) is 1. The maximum Gasteiger partial charge on any atom is 0.334 e. The van der Waals surface area contributed by atoms with Gasteiger partial charge in [-0.15, -0.1) is 0 Å². The minimum absolute atomic E-state index is 0.164. The van der Waals surface area contributed by atoms with E-state index in [0.717, 1.165) is 19.6 Å². The molecule has 4 unspecified atom stereocenters. The molecule has 3 aromatic rings. The van der Waals surface area contributed by atoms with Gasteiger partial charge in [0, 0.05) is 43.3 Å². The summed E-state index contributed by atoms with van der Waals surface area (Å²) < 4.78 is 18.0. The van der Waals surface area contributed by atoms with Crippen molar-refractivity contribution in [2.75, 3.05) is 51.3 Å². The molecule has 0 aliphatic carbocycles. The van der Waals surface area contributed by atoms with Crippen LogP contribution in [-0.4, -0.2) is 111 Å². The van der Waals surface area contributed by atoms with E-state index in [1.165, 1.54) is 17.2 Å². The molecular weight excluding hydrogens is 560 g/mol. The first-order valence-electron chi connectivity index (χ1n) is 13.0. The summed E-state index contributed by atoms with van der Waals surface area (Å²) in [7, 11) is 0. The molecule has 2 aliphatic rings. The second-order valence-electron chi connectivity index (χ2n) is 9.60. The molecule has 2 saturated heterocycles. The van der Waals surface area contributed by atoms with Crippen molar-refractivity contribution >= 4 is 40.5 Å². The summed E-state index contributed by atoms with van der Waals surface area (Å²) in [5, 5.41) is 26.4. The number of fused-ring (bicyclic) bond motifs is 1. The average Bonchev–Trinajstić information content (AvgIpc) is 3.52. The quantitative estimate of drug-likeness (QED) is 0.193. The molecule has 1 amide bonds. The number of aliphatic hydroxyl groups excluding tert-OH is 1. The number of carbonyl (C=O) groups excluding carboxylic acids is 1. The molecule has 1 aromatic carbocycles. The minimum Gasteiger partial charge on any atom is -0.483 e. The van der Waals surface area contributed by atoms with E-state index >= 15 is 0 Å². The number of imidazole rings is 1. The summed E-state index contributed by atoms with van der Waals surface area (Å²) in [6.07, 6.45) is -1.08. The largest absolute Gasteiger partial charge is 0.483 e. The lowest BCUT2D eigenvalue weighted by atomic mass is 10.1. The van der Waals surface area contributed by atoms with Crippen molar-refractivity contribution < 1.29 is 34.0 Å².